The number of carbonyl (C=O) groups excluding carboxylic acids is 1. The van der Waals surface area contributed by atoms with Crippen LogP contribution in [-0.2, 0) is 4.79 Å². The molecular weight excluding hydrogens is 362 g/mol. The van der Waals surface area contributed by atoms with Crippen LogP contribution in [0.5, 0.6) is 5.75 Å². The molecule has 1 amide bonds. The Balaban J connectivity index is 1.95. The summed E-state index contributed by atoms with van der Waals surface area (Å²) < 4.78 is 5.29. The fourth-order valence-corrected chi connectivity index (χ4v) is 3.75. The van der Waals surface area contributed by atoms with E-state index in [9.17, 15) is 4.79 Å². The van der Waals surface area contributed by atoms with Crippen molar-refractivity contribution in [2.45, 2.75) is 40.2 Å². The van der Waals surface area contributed by atoms with Crippen molar-refractivity contribution < 1.29 is 9.53 Å². The molecule has 0 radical (unpaired) electrons. The molecule has 1 atom stereocenters. The summed E-state index contributed by atoms with van der Waals surface area (Å²) in [6.07, 6.45) is 0.709. The smallest absolute Gasteiger partial charge is 0.257 e. The van der Waals surface area contributed by atoms with Gasteiger partial charge in [0.2, 0.25) is 0 Å². The number of hydrogen-bond acceptors (Lipinski definition) is 4. The van der Waals surface area contributed by atoms with Crippen LogP contribution in [0.4, 0.5) is 0 Å². The molecule has 0 aliphatic carbocycles. The van der Waals surface area contributed by atoms with Crippen molar-refractivity contribution in [3.63, 3.8) is 0 Å². The lowest BCUT2D eigenvalue weighted by atomic mass is 9.95. The van der Waals surface area contributed by atoms with Crippen LogP contribution < -0.4 is 4.74 Å². The van der Waals surface area contributed by atoms with Gasteiger partial charge >= 0.3 is 0 Å². The van der Waals surface area contributed by atoms with Crippen LogP contribution in [0.25, 0.3) is 0 Å². The van der Waals surface area contributed by atoms with E-state index in [1.54, 1.807) is 12.1 Å². The summed E-state index contributed by atoms with van der Waals surface area (Å²) in [7, 11) is 1.66. The van der Waals surface area contributed by atoms with Gasteiger partial charge in [0.25, 0.3) is 5.91 Å². The van der Waals surface area contributed by atoms with E-state index >= 15 is 0 Å². The highest BCUT2D eigenvalue weighted by atomic mass is 16.5. The molecule has 2 aromatic carbocycles. The van der Waals surface area contributed by atoms with Gasteiger partial charge < -0.3 is 4.74 Å². The minimum Gasteiger partial charge on any atom is -0.497 e. The number of ether oxygens (including phenoxy) is 1. The topological polar surface area (TPSA) is 45.1 Å². The quantitative estimate of drug-likeness (QED) is 0.703. The summed E-state index contributed by atoms with van der Waals surface area (Å²) in [5.41, 5.74) is 5.55. The van der Waals surface area contributed by atoms with E-state index < -0.39 is 0 Å². The number of nitrogens with zero attached hydrogens (tertiary/aromatic N) is 3. The van der Waals surface area contributed by atoms with Crippen LogP contribution in [0.1, 0.15) is 48.6 Å². The summed E-state index contributed by atoms with van der Waals surface area (Å²) in [6.45, 7) is 10.4. The van der Waals surface area contributed by atoms with Gasteiger partial charge in [-0.05, 0) is 56.3 Å². The molecule has 0 aromatic heterocycles. The number of likely N-dealkylation sites (N-methyl/N-ethyl adjacent to an activating group) is 1. The molecule has 0 spiro atoms. The predicted octanol–water partition coefficient (Wildman–Crippen LogP) is 4.33. The molecule has 154 valence electrons. The van der Waals surface area contributed by atoms with Crippen molar-refractivity contribution >= 4 is 11.6 Å². The number of hydrazone groups is 1. The number of rotatable bonds is 7. The Morgan fingerprint density at radius 2 is 1.83 bits per heavy atom. The molecule has 0 bridgehead atoms. The van der Waals surface area contributed by atoms with E-state index in [2.05, 4.69) is 50.8 Å². The first-order chi connectivity index (χ1) is 14.0. The van der Waals surface area contributed by atoms with E-state index in [4.69, 9.17) is 9.84 Å². The van der Waals surface area contributed by atoms with E-state index in [1.807, 2.05) is 24.3 Å². The number of aryl methyl sites for hydroxylation is 2. The minimum absolute atomic E-state index is 0.0369. The predicted molar refractivity (Wildman–Crippen MR) is 117 cm³/mol. The van der Waals surface area contributed by atoms with Crippen LogP contribution in [0.2, 0.25) is 0 Å². The van der Waals surface area contributed by atoms with Crippen molar-refractivity contribution in [2.75, 3.05) is 26.7 Å². The summed E-state index contributed by atoms with van der Waals surface area (Å²) in [5.74, 6) is 0.846. The third kappa shape index (κ3) is 4.67. The number of hydrogen-bond donors (Lipinski definition) is 0. The fourth-order valence-electron chi connectivity index (χ4n) is 3.75. The highest BCUT2D eigenvalue weighted by molar-refractivity contribution is 6.04. The Bertz CT molecular complexity index is 885. The van der Waals surface area contributed by atoms with Gasteiger partial charge in [-0.25, -0.2) is 5.01 Å². The maximum Gasteiger partial charge on any atom is 0.257 e. The third-order valence-corrected chi connectivity index (χ3v) is 5.62. The highest BCUT2D eigenvalue weighted by Crippen LogP contribution is 2.34. The van der Waals surface area contributed by atoms with Crippen molar-refractivity contribution in [1.82, 2.24) is 9.91 Å². The number of methoxy groups -OCH3 is 1. The molecule has 5 heteroatoms. The fraction of sp³-hybridized carbons (Fsp3) is 0.417. The maximum absolute atomic E-state index is 13.2. The Kier molecular flexibility index (Phi) is 6.70. The molecule has 2 aromatic rings. The van der Waals surface area contributed by atoms with Gasteiger partial charge in [0.1, 0.15) is 5.75 Å². The van der Waals surface area contributed by atoms with Crippen molar-refractivity contribution in [1.29, 1.82) is 0 Å². The summed E-state index contributed by atoms with van der Waals surface area (Å²) in [4.78, 5) is 15.3. The standard InChI is InChI=1S/C24H31N3O2/c1-6-26(7-2)16-24(28)27-23(19-10-12-20(29-5)13-11-19)15-22(25-27)21-14-17(3)8-9-18(21)4/h8-14,23H,6-7,15-16H2,1-5H3/t23-/m0/s1. The monoisotopic (exact) mass is 393 g/mol. The van der Waals surface area contributed by atoms with Crippen LogP contribution in [-0.4, -0.2) is 48.3 Å². The Morgan fingerprint density at radius 1 is 1.14 bits per heavy atom. The van der Waals surface area contributed by atoms with Crippen molar-refractivity contribution in [3.8, 4) is 5.75 Å². The molecule has 5 nitrogen and oxygen atoms in total. The molecule has 1 heterocycles. The molecule has 0 saturated heterocycles. The molecule has 1 aliphatic rings. The van der Waals surface area contributed by atoms with Crippen LogP contribution in [0.15, 0.2) is 47.6 Å². The van der Waals surface area contributed by atoms with Gasteiger partial charge in [0, 0.05) is 12.0 Å². The van der Waals surface area contributed by atoms with E-state index in [-0.39, 0.29) is 11.9 Å². The summed E-state index contributed by atoms with van der Waals surface area (Å²) >= 11 is 0. The maximum atomic E-state index is 13.2. The molecule has 0 fully saturated rings. The van der Waals surface area contributed by atoms with Gasteiger partial charge in [-0.15, -0.1) is 0 Å². The van der Waals surface area contributed by atoms with Crippen LogP contribution in [0.3, 0.4) is 0 Å². The van der Waals surface area contributed by atoms with Gasteiger partial charge in [-0.1, -0.05) is 43.7 Å². The largest absolute Gasteiger partial charge is 0.497 e. The average molecular weight is 394 g/mol. The second-order valence-electron chi connectivity index (χ2n) is 7.56. The lowest BCUT2D eigenvalue weighted by Crippen LogP contribution is -2.38. The van der Waals surface area contributed by atoms with Crippen LogP contribution in [0, 0.1) is 13.8 Å². The second kappa shape index (κ2) is 9.23. The van der Waals surface area contributed by atoms with E-state index in [0.717, 1.165) is 35.7 Å². The number of carbonyl (C=O) groups is 1. The van der Waals surface area contributed by atoms with E-state index in [0.29, 0.717) is 13.0 Å². The number of amides is 1. The lowest BCUT2D eigenvalue weighted by molar-refractivity contribution is -0.134. The van der Waals surface area contributed by atoms with Crippen molar-refractivity contribution in [2.24, 2.45) is 5.10 Å². The van der Waals surface area contributed by atoms with E-state index in [1.165, 1.54) is 11.1 Å². The first-order valence-electron chi connectivity index (χ1n) is 10.3. The molecule has 0 saturated carbocycles. The minimum atomic E-state index is -0.0983. The molecule has 0 unspecified atom stereocenters. The second-order valence-corrected chi connectivity index (χ2v) is 7.56. The van der Waals surface area contributed by atoms with Gasteiger partial charge in [0.05, 0.1) is 25.4 Å². The molecule has 1 aliphatic heterocycles. The van der Waals surface area contributed by atoms with Crippen LogP contribution >= 0.6 is 0 Å². The Hall–Kier alpha value is -2.66. The first-order valence-corrected chi connectivity index (χ1v) is 10.3. The van der Waals surface area contributed by atoms with Gasteiger partial charge in [-0.2, -0.15) is 5.10 Å². The van der Waals surface area contributed by atoms with Crippen molar-refractivity contribution in [3.05, 3.63) is 64.7 Å². The Morgan fingerprint density at radius 3 is 2.45 bits per heavy atom. The zero-order valence-corrected chi connectivity index (χ0v) is 18.1. The zero-order chi connectivity index (χ0) is 21.0. The average Bonchev–Trinajstić information content (AvgIpc) is 3.19. The van der Waals surface area contributed by atoms with Gasteiger partial charge in [0.15, 0.2) is 0 Å². The lowest BCUT2D eigenvalue weighted by Gasteiger charge is -2.25. The SMILES string of the molecule is CCN(CC)CC(=O)N1N=C(c2cc(C)ccc2C)C[C@H]1c1ccc(OC)cc1. The summed E-state index contributed by atoms with van der Waals surface area (Å²) in [6, 6.07) is 14.2. The Labute approximate surface area is 174 Å². The molecule has 0 N–H and O–H groups in total. The molecule has 29 heavy (non-hydrogen) atoms. The first kappa shape index (κ1) is 21.1. The number of benzene rings is 2. The molecule has 3 rings (SSSR count). The summed E-state index contributed by atoms with van der Waals surface area (Å²) in [5, 5.41) is 6.52. The zero-order valence-electron chi connectivity index (χ0n) is 18.1. The highest BCUT2D eigenvalue weighted by Gasteiger charge is 2.33. The molecular formula is C24H31N3O2. The third-order valence-electron chi connectivity index (χ3n) is 5.62. The van der Waals surface area contributed by atoms with Gasteiger partial charge in [-0.3, -0.25) is 9.69 Å². The normalized spacial score (nSPS) is 16.3.